The average Bonchev–Trinajstić information content (AvgIpc) is 3.64. The molecule has 0 fully saturated rings. The van der Waals surface area contributed by atoms with Crippen LogP contribution in [0.3, 0.4) is 0 Å². The van der Waals surface area contributed by atoms with Crippen LogP contribution in [-0.2, 0) is 36.7 Å². The summed E-state index contributed by atoms with van der Waals surface area (Å²) in [4.78, 5) is 22.9. The van der Waals surface area contributed by atoms with Gasteiger partial charge in [0.05, 0.1) is 0 Å². The quantitative estimate of drug-likeness (QED) is 0.0842. The van der Waals surface area contributed by atoms with Crippen LogP contribution in [0.25, 0.3) is 54.2 Å². The maximum absolute atomic E-state index is 12.2. The van der Waals surface area contributed by atoms with Crippen molar-refractivity contribution in [1.29, 1.82) is 0 Å². The predicted molar refractivity (Wildman–Crippen MR) is 222 cm³/mol. The maximum Gasteiger partial charge on any atom is 0.223 e. The van der Waals surface area contributed by atoms with E-state index in [1.54, 1.807) is 6.33 Å². The van der Waals surface area contributed by atoms with Gasteiger partial charge in [-0.05, 0) is 73.4 Å². The second-order valence-electron chi connectivity index (χ2n) is 16.4. The molecule has 1 N–H and O–H groups in total. The Bertz CT molecular complexity index is 2260. The van der Waals surface area contributed by atoms with Crippen LogP contribution in [0.1, 0.15) is 118 Å². The van der Waals surface area contributed by atoms with Gasteiger partial charge >= 0.3 is 0 Å². The first-order chi connectivity index (χ1) is 24.5. The third-order valence-electron chi connectivity index (χ3n) is 11.4. The number of hydrogen-bond donors (Lipinski definition) is 1. The molecule has 3 aromatic heterocycles. The Morgan fingerprint density at radius 3 is 2.15 bits per heavy atom. The Morgan fingerprint density at radius 1 is 0.906 bits per heavy atom. The van der Waals surface area contributed by atoms with E-state index >= 15 is 0 Å². The van der Waals surface area contributed by atoms with Crippen molar-refractivity contribution in [3.8, 4) is 11.3 Å². The molecule has 0 bridgehead atoms. The zero-order valence-corrected chi connectivity index (χ0v) is 36.9. The number of aryl methyl sites for hydroxylation is 1. The number of nitrogens with zero attached hydrogens (tertiary/aromatic N) is 2. The summed E-state index contributed by atoms with van der Waals surface area (Å²) in [5.74, 6) is 0.893. The van der Waals surface area contributed by atoms with E-state index in [0.29, 0.717) is 11.6 Å². The molecule has 0 unspecified atom stereocenters. The zero-order valence-electron chi connectivity index (χ0n) is 33.7. The van der Waals surface area contributed by atoms with Gasteiger partial charge in [0.15, 0.2) is 5.78 Å². The second-order valence-corrected chi connectivity index (χ2v) is 17.7. The van der Waals surface area contributed by atoms with Crippen molar-refractivity contribution < 1.29 is 34.4 Å². The van der Waals surface area contributed by atoms with Gasteiger partial charge in [0.2, 0.25) is 5.71 Å². The molecule has 0 atom stereocenters. The number of allylic oxidation sites excluding steroid dienone is 2. The number of rotatable bonds is 10. The molecule has 5 nitrogen and oxygen atoms in total. The molecule has 0 amide bonds. The zero-order chi connectivity index (χ0) is 38.2. The number of aliphatic hydroxyl groups excluding tert-OH is 1. The predicted octanol–water partition coefficient (Wildman–Crippen LogP) is 13.7. The number of fused-ring (bicyclic) bond motifs is 5. The van der Waals surface area contributed by atoms with Crippen molar-refractivity contribution >= 4 is 60.0 Å². The molecule has 0 saturated heterocycles. The number of furan rings is 1. The third kappa shape index (κ3) is 8.48. The van der Waals surface area contributed by atoms with Gasteiger partial charge < -0.3 is 9.52 Å². The minimum atomic E-state index is -0.337. The number of aliphatic hydroxyl groups is 1. The molecular weight excluding hydrogens is 853 g/mol. The molecule has 3 aromatic carbocycles. The Kier molecular flexibility index (Phi) is 13.2. The van der Waals surface area contributed by atoms with Gasteiger partial charge in [-0.25, -0.2) is 4.98 Å². The van der Waals surface area contributed by atoms with E-state index in [0.717, 1.165) is 65.1 Å². The molecule has 0 aliphatic carbocycles. The molecule has 6 rings (SSSR count). The number of aromatic nitrogens is 2. The molecular formula is C46H57IrN2O3S-. The van der Waals surface area contributed by atoms with Crippen molar-refractivity contribution in [1.82, 2.24) is 9.97 Å². The fourth-order valence-corrected chi connectivity index (χ4v) is 8.01. The number of ketones is 1. The number of thiophene rings is 1. The van der Waals surface area contributed by atoms with E-state index in [9.17, 15) is 9.90 Å². The van der Waals surface area contributed by atoms with Gasteiger partial charge in [0.25, 0.3) is 0 Å². The fraction of sp³-hybridized carbons (Fsp3) is 0.457. The molecule has 0 spiro atoms. The minimum Gasteiger partial charge on any atom is -0.512 e. The van der Waals surface area contributed by atoms with Crippen molar-refractivity contribution in [2.75, 3.05) is 0 Å². The molecule has 1 radical (unpaired) electrons. The van der Waals surface area contributed by atoms with Gasteiger partial charge in [-0.3, -0.25) is 9.78 Å². The first-order valence-corrected chi connectivity index (χ1v) is 19.8. The Balaban J connectivity index is 0.000000299. The van der Waals surface area contributed by atoms with Gasteiger partial charge in [-0.2, -0.15) is 0 Å². The first kappa shape index (κ1) is 42.4. The summed E-state index contributed by atoms with van der Waals surface area (Å²) in [5, 5.41) is 15.8. The standard InChI is InChI=1S/C31H29N2OS.C15H28O2.Ir/c1-17(2)11-22-18(3)35-27-15-24-26(14-23(22)27)34-30-28(24)29(32-16-33-30)20-12-19-9-7-8-10-21(19)25(13-20)31(4,5)6;1-7-14(5,8-2)12(16)11-13(17)15(6,9-3)10-4;/h7-10,13-17H,11H2,1-6H3;11,16H,7-10H2,1-6H3;/q-1;;/b;12-11-;. The molecule has 285 valence electrons. The van der Waals surface area contributed by atoms with Gasteiger partial charge in [-0.1, -0.05) is 105 Å². The summed E-state index contributed by atoms with van der Waals surface area (Å²) in [5.41, 5.74) is 5.46. The molecule has 3 heterocycles. The summed E-state index contributed by atoms with van der Waals surface area (Å²) in [6, 6.07) is 18.9. The molecule has 0 aliphatic rings. The van der Waals surface area contributed by atoms with Crippen LogP contribution in [0.2, 0.25) is 0 Å². The molecule has 7 heteroatoms. The molecule has 0 aliphatic heterocycles. The molecule has 0 saturated carbocycles. The summed E-state index contributed by atoms with van der Waals surface area (Å²) >= 11 is 1.87. The van der Waals surface area contributed by atoms with Crippen LogP contribution in [-0.4, -0.2) is 20.9 Å². The van der Waals surface area contributed by atoms with E-state index in [1.807, 2.05) is 52.9 Å². The smallest absolute Gasteiger partial charge is 0.223 e. The van der Waals surface area contributed by atoms with Gasteiger partial charge in [0, 0.05) is 63.1 Å². The number of carbonyl (C=O) groups excluding carboxylic acids is 1. The Hall–Kier alpha value is -3.38. The maximum atomic E-state index is 12.2. The minimum absolute atomic E-state index is 0. The van der Waals surface area contributed by atoms with Crippen LogP contribution >= 0.6 is 11.3 Å². The second kappa shape index (κ2) is 16.5. The topological polar surface area (TPSA) is 76.2 Å². The molecule has 6 aromatic rings. The van der Waals surface area contributed by atoms with Gasteiger partial charge in [-0.15, -0.1) is 40.5 Å². The van der Waals surface area contributed by atoms with Gasteiger partial charge in [0.1, 0.15) is 17.7 Å². The Morgan fingerprint density at radius 2 is 1.55 bits per heavy atom. The van der Waals surface area contributed by atoms with Crippen LogP contribution in [0, 0.1) is 29.7 Å². The van der Waals surface area contributed by atoms with Crippen molar-refractivity contribution in [2.45, 2.75) is 121 Å². The number of carbonyl (C=O) groups is 1. The summed E-state index contributed by atoms with van der Waals surface area (Å²) in [6.45, 7) is 25.6. The van der Waals surface area contributed by atoms with Crippen LogP contribution in [0.15, 0.2) is 65.0 Å². The average molecular weight is 910 g/mol. The number of hydrogen-bond acceptors (Lipinski definition) is 6. The fourth-order valence-electron chi connectivity index (χ4n) is 6.90. The third-order valence-corrected chi connectivity index (χ3v) is 12.5. The van der Waals surface area contributed by atoms with E-state index in [2.05, 4.69) is 95.1 Å². The van der Waals surface area contributed by atoms with Crippen LogP contribution in [0.5, 0.6) is 0 Å². The first-order valence-electron chi connectivity index (χ1n) is 19.0. The SMILES string of the molecule is CCC(C)(CC)C(=O)/C=C(\O)C(C)(CC)CC.Cc1sc2cc3c(cc2c1CC(C)C)oc1ncnc(-c2[c-]c4ccccc4c(C(C)(C)C)c2)c13.[Ir]. The van der Waals surface area contributed by atoms with E-state index in [4.69, 9.17) is 9.40 Å². The van der Waals surface area contributed by atoms with Crippen molar-refractivity contribution in [3.05, 3.63) is 82.7 Å². The summed E-state index contributed by atoms with van der Waals surface area (Å²) in [6.07, 6.45) is 7.44. The van der Waals surface area contributed by atoms with Crippen molar-refractivity contribution in [3.63, 3.8) is 0 Å². The summed E-state index contributed by atoms with van der Waals surface area (Å²) in [7, 11) is 0. The number of benzene rings is 3. The van der Waals surface area contributed by atoms with E-state index in [-0.39, 0.29) is 47.9 Å². The Labute approximate surface area is 334 Å². The van der Waals surface area contributed by atoms with E-state index in [1.165, 1.54) is 37.6 Å². The largest absolute Gasteiger partial charge is 0.512 e. The normalized spacial score (nSPS) is 12.8. The summed E-state index contributed by atoms with van der Waals surface area (Å²) < 4.78 is 7.61. The van der Waals surface area contributed by atoms with Crippen molar-refractivity contribution in [2.24, 2.45) is 16.7 Å². The van der Waals surface area contributed by atoms with E-state index < -0.39 is 0 Å². The molecule has 53 heavy (non-hydrogen) atoms. The van der Waals surface area contributed by atoms with Crippen LogP contribution in [0.4, 0.5) is 0 Å². The monoisotopic (exact) mass is 910 g/mol. The van der Waals surface area contributed by atoms with Crippen LogP contribution < -0.4 is 0 Å².